The van der Waals surface area contributed by atoms with E-state index in [2.05, 4.69) is 19.1 Å². The van der Waals surface area contributed by atoms with Gasteiger partial charge in [-0.1, -0.05) is 72.3 Å². The Morgan fingerprint density at radius 2 is 1.67 bits per heavy atom. The van der Waals surface area contributed by atoms with Gasteiger partial charge in [-0.25, -0.2) is 0 Å². The lowest BCUT2D eigenvalue weighted by Gasteiger charge is -2.06. The summed E-state index contributed by atoms with van der Waals surface area (Å²) in [6.07, 6.45) is 6.60. The second-order valence-corrected chi connectivity index (χ2v) is 5.07. The summed E-state index contributed by atoms with van der Waals surface area (Å²) in [6.45, 7) is 4.17. The minimum atomic E-state index is 0.0353. The van der Waals surface area contributed by atoms with E-state index in [1.807, 2.05) is 61.5 Å². The molecule has 0 aromatic heterocycles. The maximum Gasteiger partial charge on any atom is 0.185 e. The molecule has 1 heteroatoms. The van der Waals surface area contributed by atoms with Gasteiger partial charge >= 0.3 is 0 Å². The van der Waals surface area contributed by atoms with E-state index in [0.29, 0.717) is 0 Å². The van der Waals surface area contributed by atoms with Crippen LogP contribution in [0.2, 0.25) is 0 Å². The van der Waals surface area contributed by atoms with E-state index in [-0.39, 0.29) is 5.78 Å². The molecule has 21 heavy (non-hydrogen) atoms. The summed E-state index contributed by atoms with van der Waals surface area (Å²) < 4.78 is 0. The summed E-state index contributed by atoms with van der Waals surface area (Å²) in [6, 6.07) is 17.5. The van der Waals surface area contributed by atoms with Gasteiger partial charge in [0.25, 0.3) is 0 Å². The summed E-state index contributed by atoms with van der Waals surface area (Å²) in [5.74, 6) is 0.0353. The highest BCUT2D eigenvalue weighted by molar-refractivity contribution is 6.06. The Morgan fingerprint density at radius 1 is 1.00 bits per heavy atom. The maximum absolute atomic E-state index is 12.1. The zero-order valence-electron chi connectivity index (χ0n) is 12.5. The largest absolute Gasteiger partial charge is 0.289 e. The highest BCUT2D eigenvalue weighted by Gasteiger charge is 2.02. The topological polar surface area (TPSA) is 17.1 Å². The van der Waals surface area contributed by atoms with Gasteiger partial charge < -0.3 is 0 Å². The lowest BCUT2D eigenvalue weighted by atomic mass is 9.99. The van der Waals surface area contributed by atoms with Gasteiger partial charge in [0.1, 0.15) is 0 Å². The van der Waals surface area contributed by atoms with Crippen molar-refractivity contribution < 1.29 is 4.79 Å². The van der Waals surface area contributed by atoms with Crippen molar-refractivity contribution in [2.75, 3.05) is 0 Å². The summed E-state index contributed by atoms with van der Waals surface area (Å²) in [7, 11) is 0. The van der Waals surface area contributed by atoms with Crippen LogP contribution in [0.15, 0.2) is 72.3 Å². The Morgan fingerprint density at radius 3 is 2.38 bits per heavy atom. The Bertz CT molecular complexity index is 663. The first-order valence-electron chi connectivity index (χ1n) is 7.18. The molecule has 0 spiro atoms. The molecule has 0 bridgehead atoms. The van der Waals surface area contributed by atoms with E-state index < -0.39 is 0 Å². The second kappa shape index (κ2) is 7.39. The van der Waals surface area contributed by atoms with Crippen LogP contribution in [0.25, 0.3) is 6.08 Å². The molecular formula is C20H20O. The van der Waals surface area contributed by atoms with E-state index >= 15 is 0 Å². The molecule has 1 nitrogen and oxygen atoms in total. The van der Waals surface area contributed by atoms with E-state index in [1.165, 1.54) is 11.1 Å². The molecule has 2 aromatic carbocycles. The quantitative estimate of drug-likeness (QED) is 0.422. The predicted molar refractivity (Wildman–Crippen MR) is 89.4 cm³/mol. The second-order valence-electron chi connectivity index (χ2n) is 5.07. The van der Waals surface area contributed by atoms with E-state index in [4.69, 9.17) is 0 Å². The van der Waals surface area contributed by atoms with Crippen LogP contribution in [0.5, 0.6) is 0 Å². The molecule has 0 radical (unpaired) electrons. The third-order valence-corrected chi connectivity index (χ3v) is 3.49. The Kier molecular flexibility index (Phi) is 5.28. The summed E-state index contributed by atoms with van der Waals surface area (Å²) in [5.41, 5.74) is 4.38. The minimum Gasteiger partial charge on any atom is -0.289 e. The molecule has 2 rings (SSSR count). The Balaban J connectivity index is 2.20. The van der Waals surface area contributed by atoms with Crippen molar-refractivity contribution in [3.05, 3.63) is 89.0 Å². The number of carbonyl (C=O) groups is 1. The average molecular weight is 276 g/mol. The van der Waals surface area contributed by atoms with E-state index in [1.54, 1.807) is 6.08 Å². The van der Waals surface area contributed by atoms with Crippen molar-refractivity contribution in [3.8, 4) is 0 Å². The smallest absolute Gasteiger partial charge is 0.185 e. The fraction of sp³-hybridized carbons (Fsp3) is 0.150. The first kappa shape index (κ1) is 15.0. The van der Waals surface area contributed by atoms with Gasteiger partial charge in [0.2, 0.25) is 0 Å². The van der Waals surface area contributed by atoms with Crippen LogP contribution in [-0.2, 0) is 6.42 Å². The molecule has 0 heterocycles. The monoisotopic (exact) mass is 276 g/mol. The molecule has 0 amide bonds. The Labute approximate surface area is 126 Å². The molecule has 2 aromatic rings. The first-order chi connectivity index (χ1) is 10.2. The van der Waals surface area contributed by atoms with Crippen molar-refractivity contribution in [1.29, 1.82) is 0 Å². The number of benzene rings is 2. The van der Waals surface area contributed by atoms with Crippen LogP contribution < -0.4 is 0 Å². The van der Waals surface area contributed by atoms with Crippen molar-refractivity contribution >= 4 is 11.9 Å². The highest BCUT2D eigenvalue weighted by atomic mass is 16.1. The first-order valence-corrected chi connectivity index (χ1v) is 7.18. The van der Waals surface area contributed by atoms with Gasteiger partial charge in [0.05, 0.1) is 0 Å². The van der Waals surface area contributed by atoms with Gasteiger partial charge in [-0.2, -0.15) is 0 Å². The summed E-state index contributed by atoms with van der Waals surface area (Å²) in [4.78, 5) is 12.1. The van der Waals surface area contributed by atoms with Crippen LogP contribution in [0.1, 0.15) is 35.3 Å². The SMILES string of the molecule is C/C=C(\C)Cc1ccccc1/C=C/C(=O)c1ccccc1. The molecule has 0 saturated heterocycles. The van der Waals surface area contributed by atoms with E-state index in [9.17, 15) is 4.79 Å². The minimum absolute atomic E-state index is 0.0353. The fourth-order valence-corrected chi connectivity index (χ4v) is 2.12. The number of ketones is 1. The Hall–Kier alpha value is -2.41. The summed E-state index contributed by atoms with van der Waals surface area (Å²) in [5, 5.41) is 0. The molecule has 106 valence electrons. The van der Waals surface area contributed by atoms with Gasteiger partial charge in [-0.3, -0.25) is 4.79 Å². The lowest BCUT2D eigenvalue weighted by molar-refractivity contribution is 0.104. The summed E-state index contributed by atoms with van der Waals surface area (Å²) >= 11 is 0. The fourth-order valence-electron chi connectivity index (χ4n) is 2.12. The van der Waals surface area contributed by atoms with Gasteiger partial charge in [0, 0.05) is 5.56 Å². The molecule has 0 fully saturated rings. The number of rotatable bonds is 5. The number of allylic oxidation sites excluding steroid dienone is 3. The molecule has 0 atom stereocenters. The zero-order chi connectivity index (χ0) is 15.1. The molecule has 0 aliphatic carbocycles. The van der Waals surface area contributed by atoms with Crippen molar-refractivity contribution in [2.45, 2.75) is 20.3 Å². The third kappa shape index (κ3) is 4.28. The predicted octanol–water partition coefficient (Wildman–Crippen LogP) is 5.09. The molecule has 0 saturated carbocycles. The molecular weight excluding hydrogens is 256 g/mol. The standard InChI is InChI=1S/C20H20O/c1-3-16(2)15-19-12-8-7-9-17(19)13-14-20(21)18-10-5-4-6-11-18/h3-14H,15H2,1-2H3/b14-13+,16-3+. The van der Waals surface area contributed by atoms with Crippen LogP contribution in [0.3, 0.4) is 0 Å². The van der Waals surface area contributed by atoms with Crippen LogP contribution in [-0.4, -0.2) is 5.78 Å². The van der Waals surface area contributed by atoms with Gasteiger partial charge in [0.15, 0.2) is 5.78 Å². The third-order valence-electron chi connectivity index (χ3n) is 3.49. The van der Waals surface area contributed by atoms with E-state index in [0.717, 1.165) is 17.5 Å². The number of hydrogen-bond donors (Lipinski definition) is 0. The normalized spacial score (nSPS) is 11.8. The lowest BCUT2D eigenvalue weighted by Crippen LogP contribution is -1.94. The zero-order valence-corrected chi connectivity index (χ0v) is 12.5. The number of carbonyl (C=O) groups excluding carboxylic acids is 1. The number of hydrogen-bond acceptors (Lipinski definition) is 1. The van der Waals surface area contributed by atoms with Crippen molar-refractivity contribution in [2.24, 2.45) is 0 Å². The molecule has 0 N–H and O–H groups in total. The van der Waals surface area contributed by atoms with Gasteiger partial charge in [-0.05, 0) is 37.5 Å². The van der Waals surface area contributed by atoms with Crippen LogP contribution >= 0.6 is 0 Å². The van der Waals surface area contributed by atoms with Crippen LogP contribution in [0.4, 0.5) is 0 Å². The van der Waals surface area contributed by atoms with Crippen molar-refractivity contribution in [1.82, 2.24) is 0 Å². The highest BCUT2D eigenvalue weighted by Crippen LogP contribution is 2.15. The maximum atomic E-state index is 12.1. The molecule has 0 aliphatic rings. The molecule has 0 aliphatic heterocycles. The van der Waals surface area contributed by atoms with Crippen molar-refractivity contribution in [3.63, 3.8) is 0 Å². The molecule has 0 unspecified atom stereocenters. The average Bonchev–Trinajstić information content (AvgIpc) is 2.54. The van der Waals surface area contributed by atoms with Gasteiger partial charge in [-0.15, -0.1) is 0 Å². The van der Waals surface area contributed by atoms with Crippen LogP contribution in [0, 0.1) is 0 Å².